The van der Waals surface area contributed by atoms with Gasteiger partial charge in [0, 0.05) is 18.6 Å². The minimum atomic E-state index is -0.484. The maximum absolute atomic E-state index is 11.9. The molecule has 98 valence electrons. The third-order valence-electron chi connectivity index (χ3n) is 2.43. The van der Waals surface area contributed by atoms with E-state index in [0.29, 0.717) is 11.7 Å². The van der Waals surface area contributed by atoms with Crippen LogP contribution in [-0.2, 0) is 4.74 Å². The number of thiocarbonyl (C=S) groups is 1. The molecule has 1 aliphatic rings. The third-order valence-corrected chi connectivity index (χ3v) is 2.87. The van der Waals surface area contributed by atoms with Crippen molar-refractivity contribution in [3.05, 3.63) is 0 Å². The van der Waals surface area contributed by atoms with Crippen molar-refractivity contribution in [3.8, 4) is 0 Å². The molecule has 0 radical (unpaired) electrons. The lowest BCUT2D eigenvalue weighted by atomic mass is 10.1. The first-order valence-corrected chi connectivity index (χ1v) is 6.25. The summed E-state index contributed by atoms with van der Waals surface area (Å²) in [6.45, 7) is 13.2. The second kappa shape index (κ2) is 4.44. The Morgan fingerprint density at radius 1 is 1.18 bits per heavy atom. The molecule has 0 spiro atoms. The van der Waals surface area contributed by atoms with E-state index in [4.69, 9.17) is 17.0 Å². The van der Waals surface area contributed by atoms with Gasteiger partial charge >= 0.3 is 6.09 Å². The lowest BCUT2D eigenvalue weighted by molar-refractivity contribution is 0.0388. The van der Waals surface area contributed by atoms with Crippen LogP contribution in [0.1, 0.15) is 41.5 Å². The van der Waals surface area contributed by atoms with Crippen molar-refractivity contribution < 1.29 is 9.53 Å². The average molecular weight is 258 g/mol. The predicted molar refractivity (Wildman–Crippen MR) is 72.0 cm³/mol. The van der Waals surface area contributed by atoms with Crippen LogP contribution in [0, 0.1) is 0 Å². The monoisotopic (exact) mass is 258 g/mol. The Morgan fingerprint density at radius 3 is 2.06 bits per heavy atom. The van der Waals surface area contributed by atoms with Crippen molar-refractivity contribution in [2.45, 2.75) is 52.7 Å². The van der Waals surface area contributed by atoms with Gasteiger partial charge in [-0.25, -0.2) is 4.79 Å². The average Bonchev–Trinajstić information content (AvgIpc) is 2.42. The molecule has 1 aliphatic heterocycles. The van der Waals surface area contributed by atoms with Crippen LogP contribution in [0.2, 0.25) is 0 Å². The van der Waals surface area contributed by atoms with Gasteiger partial charge in [-0.05, 0) is 53.8 Å². The number of carbonyl (C=O) groups is 1. The van der Waals surface area contributed by atoms with Gasteiger partial charge < -0.3 is 9.64 Å². The van der Waals surface area contributed by atoms with Gasteiger partial charge in [-0.15, -0.1) is 0 Å². The highest BCUT2D eigenvalue weighted by Crippen LogP contribution is 2.22. The number of rotatable bonds is 0. The van der Waals surface area contributed by atoms with Crippen molar-refractivity contribution in [3.63, 3.8) is 0 Å². The molecule has 0 aromatic heterocycles. The van der Waals surface area contributed by atoms with Crippen molar-refractivity contribution >= 4 is 23.4 Å². The molecule has 1 rings (SSSR count). The number of nitrogens with zero attached hydrogens (tertiary/aromatic N) is 2. The first-order valence-electron chi connectivity index (χ1n) is 5.84. The molecule has 1 amide bonds. The molecule has 0 N–H and O–H groups in total. The Balaban J connectivity index is 2.71. The van der Waals surface area contributed by atoms with E-state index in [1.807, 2.05) is 25.7 Å². The molecule has 0 aromatic carbocycles. The Kier molecular flexibility index (Phi) is 3.72. The molecule has 0 aromatic rings. The third kappa shape index (κ3) is 3.56. The quantitative estimate of drug-likeness (QED) is 0.625. The van der Waals surface area contributed by atoms with E-state index < -0.39 is 5.60 Å². The van der Waals surface area contributed by atoms with Gasteiger partial charge in [0.1, 0.15) is 5.60 Å². The van der Waals surface area contributed by atoms with Crippen LogP contribution in [0.3, 0.4) is 0 Å². The van der Waals surface area contributed by atoms with Crippen molar-refractivity contribution in [2.75, 3.05) is 13.1 Å². The van der Waals surface area contributed by atoms with E-state index in [2.05, 4.69) is 20.8 Å². The number of amides is 1. The summed E-state index contributed by atoms with van der Waals surface area (Å²) in [5.74, 6) is 0. The SMILES string of the molecule is CC(C)(C)OC(=O)N1CCN(C(C)(C)C)C1=S. The zero-order valence-electron chi connectivity index (χ0n) is 11.5. The Hall–Kier alpha value is -0.840. The first kappa shape index (κ1) is 14.2. The molecule has 1 heterocycles. The maximum Gasteiger partial charge on any atom is 0.416 e. The fourth-order valence-corrected chi connectivity index (χ4v) is 2.18. The van der Waals surface area contributed by atoms with E-state index in [0.717, 1.165) is 6.54 Å². The van der Waals surface area contributed by atoms with Crippen molar-refractivity contribution in [1.29, 1.82) is 0 Å². The summed E-state index contributed by atoms with van der Waals surface area (Å²) in [4.78, 5) is 15.5. The van der Waals surface area contributed by atoms with E-state index in [1.165, 1.54) is 4.90 Å². The zero-order chi connectivity index (χ0) is 13.4. The second-order valence-corrected chi connectivity index (χ2v) is 6.60. The largest absolute Gasteiger partial charge is 0.443 e. The summed E-state index contributed by atoms with van der Waals surface area (Å²) < 4.78 is 5.33. The van der Waals surface area contributed by atoms with Gasteiger partial charge in [-0.3, -0.25) is 4.90 Å². The second-order valence-electron chi connectivity index (χ2n) is 6.24. The number of hydrogen-bond acceptors (Lipinski definition) is 3. The highest BCUT2D eigenvalue weighted by molar-refractivity contribution is 7.80. The summed E-state index contributed by atoms with van der Waals surface area (Å²) >= 11 is 5.33. The minimum absolute atomic E-state index is 0.0617. The van der Waals surface area contributed by atoms with Gasteiger partial charge in [-0.1, -0.05) is 0 Å². The molecule has 1 saturated heterocycles. The van der Waals surface area contributed by atoms with Crippen LogP contribution in [-0.4, -0.2) is 45.2 Å². The highest BCUT2D eigenvalue weighted by atomic mass is 32.1. The van der Waals surface area contributed by atoms with E-state index in [1.54, 1.807) is 0 Å². The summed E-state index contributed by atoms with van der Waals surface area (Å²) in [5, 5.41) is 0.562. The molecule has 0 bridgehead atoms. The first-order chi connectivity index (χ1) is 7.52. The summed E-state index contributed by atoms with van der Waals surface area (Å²) in [7, 11) is 0. The molecule has 0 aliphatic carbocycles. The summed E-state index contributed by atoms with van der Waals surface area (Å²) in [6, 6.07) is 0. The van der Waals surface area contributed by atoms with Crippen LogP contribution in [0.15, 0.2) is 0 Å². The smallest absolute Gasteiger partial charge is 0.416 e. The predicted octanol–water partition coefficient (Wildman–Crippen LogP) is 2.62. The number of hydrogen-bond donors (Lipinski definition) is 0. The lowest BCUT2D eigenvalue weighted by Crippen LogP contribution is -2.46. The molecule has 5 heteroatoms. The van der Waals surface area contributed by atoms with E-state index in [9.17, 15) is 4.79 Å². The Labute approximate surface area is 109 Å². The molecule has 1 fully saturated rings. The molecular weight excluding hydrogens is 236 g/mol. The normalized spacial score (nSPS) is 17.6. The molecular formula is C12H22N2O2S. The number of ether oxygens (including phenoxy) is 1. The molecule has 17 heavy (non-hydrogen) atoms. The van der Waals surface area contributed by atoms with Gasteiger partial charge in [0.15, 0.2) is 5.11 Å². The Morgan fingerprint density at radius 2 is 1.71 bits per heavy atom. The summed E-state index contributed by atoms with van der Waals surface area (Å²) in [5.41, 5.74) is -0.546. The van der Waals surface area contributed by atoms with Crippen LogP contribution in [0.4, 0.5) is 4.79 Å². The molecule has 0 unspecified atom stereocenters. The maximum atomic E-state index is 11.9. The molecule has 0 saturated carbocycles. The number of carbonyl (C=O) groups excluding carboxylic acids is 1. The minimum Gasteiger partial charge on any atom is -0.443 e. The van der Waals surface area contributed by atoms with Gasteiger partial charge in [0.25, 0.3) is 0 Å². The standard InChI is InChI=1S/C12H22N2O2S/c1-11(2,3)14-8-7-13(9(14)17)10(15)16-12(4,5)6/h7-8H2,1-6H3. The van der Waals surface area contributed by atoms with Crippen LogP contribution in [0.5, 0.6) is 0 Å². The van der Waals surface area contributed by atoms with Gasteiger partial charge in [-0.2, -0.15) is 0 Å². The van der Waals surface area contributed by atoms with Crippen LogP contribution in [0.25, 0.3) is 0 Å². The van der Waals surface area contributed by atoms with Crippen LogP contribution >= 0.6 is 12.2 Å². The molecule has 4 nitrogen and oxygen atoms in total. The Bertz CT molecular complexity index is 328. The molecule has 0 atom stereocenters. The van der Waals surface area contributed by atoms with E-state index >= 15 is 0 Å². The van der Waals surface area contributed by atoms with Crippen LogP contribution < -0.4 is 0 Å². The lowest BCUT2D eigenvalue weighted by Gasteiger charge is -2.33. The van der Waals surface area contributed by atoms with Gasteiger partial charge in [0.2, 0.25) is 0 Å². The summed E-state index contributed by atoms with van der Waals surface area (Å²) in [6.07, 6.45) is -0.353. The van der Waals surface area contributed by atoms with Crippen molar-refractivity contribution in [1.82, 2.24) is 9.80 Å². The fraction of sp³-hybridized carbons (Fsp3) is 0.833. The van der Waals surface area contributed by atoms with Crippen molar-refractivity contribution in [2.24, 2.45) is 0 Å². The van der Waals surface area contributed by atoms with Gasteiger partial charge in [0.05, 0.1) is 0 Å². The fourth-order valence-electron chi connectivity index (χ4n) is 1.65. The highest BCUT2D eigenvalue weighted by Gasteiger charge is 2.37. The zero-order valence-corrected chi connectivity index (χ0v) is 12.3. The topological polar surface area (TPSA) is 32.8 Å². The van der Waals surface area contributed by atoms with E-state index in [-0.39, 0.29) is 11.6 Å².